The van der Waals surface area contributed by atoms with Crippen LogP contribution in [0, 0.1) is 17.7 Å². The number of esters is 1. The lowest BCUT2D eigenvalue weighted by Gasteiger charge is -2.28. The summed E-state index contributed by atoms with van der Waals surface area (Å²) in [7, 11) is 0. The van der Waals surface area contributed by atoms with Gasteiger partial charge in [0.15, 0.2) is 0 Å². The molecule has 28 heavy (non-hydrogen) atoms. The second-order valence-electron chi connectivity index (χ2n) is 7.05. The molecular formula is C20H19FN2O5. The van der Waals surface area contributed by atoms with Gasteiger partial charge in [0.2, 0.25) is 11.8 Å². The third-order valence-electron chi connectivity index (χ3n) is 5.42. The molecule has 4 atom stereocenters. The van der Waals surface area contributed by atoms with Gasteiger partial charge in [0.1, 0.15) is 17.1 Å². The summed E-state index contributed by atoms with van der Waals surface area (Å²) in [5.74, 6) is -3.46. The highest BCUT2D eigenvalue weighted by Crippen LogP contribution is 2.50. The lowest BCUT2D eigenvalue weighted by molar-refractivity contribution is -0.153. The van der Waals surface area contributed by atoms with Gasteiger partial charge >= 0.3 is 5.97 Å². The highest BCUT2D eigenvalue weighted by Gasteiger charge is 2.67. The van der Waals surface area contributed by atoms with Crippen molar-refractivity contribution < 1.29 is 27.9 Å². The zero-order valence-electron chi connectivity index (χ0n) is 15.3. The first kappa shape index (κ1) is 18.4. The predicted octanol–water partition coefficient (Wildman–Crippen LogP) is 2.19. The molecule has 2 fully saturated rings. The minimum Gasteiger partial charge on any atom is -0.468 e. The van der Waals surface area contributed by atoms with E-state index in [0.29, 0.717) is 5.76 Å². The maximum absolute atomic E-state index is 13.3. The summed E-state index contributed by atoms with van der Waals surface area (Å²) in [6.45, 7) is 3.37. The topological polar surface area (TPSA) is 88.8 Å². The number of ether oxygens (including phenoxy) is 1. The van der Waals surface area contributed by atoms with Crippen LogP contribution in [-0.4, -0.2) is 29.9 Å². The molecule has 146 valence electrons. The second-order valence-corrected chi connectivity index (χ2v) is 7.05. The van der Waals surface area contributed by atoms with Crippen LogP contribution < -0.4 is 10.2 Å². The lowest BCUT2D eigenvalue weighted by Crippen LogP contribution is -2.54. The maximum Gasteiger partial charge on any atom is 0.326 e. The largest absolute Gasteiger partial charge is 0.468 e. The number of halogens is 1. The minimum atomic E-state index is -1.40. The van der Waals surface area contributed by atoms with E-state index in [1.54, 1.807) is 26.0 Å². The van der Waals surface area contributed by atoms with E-state index in [9.17, 15) is 18.8 Å². The van der Waals surface area contributed by atoms with Gasteiger partial charge in [-0.1, -0.05) is 0 Å². The van der Waals surface area contributed by atoms with Crippen LogP contribution in [0.15, 0.2) is 47.1 Å². The smallest absolute Gasteiger partial charge is 0.326 e. The van der Waals surface area contributed by atoms with Gasteiger partial charge in [-0.2, -0.15) is 0 Å². The van der Waals surface area contributed by atoms with Crippen molar-refractivity contribution in [3.8, 4) is 0 Å². The van der Waals surface area contributed by atoms with E-state index in [2.05, 4.69) is 5.32 Å². The van der Waals surface area contributed by atoms with Gasteiger partial charge in [0.25, 0.3) is 0 Å². The third-order valence-corrected chi connectivity index (χ3v) is 5.42. The number of amides is 2. The quantitative estimate of drug-likeness (QED) is 0.640. The van der Waals surface area contributed by atoms with Gasteiger partial charge in [-0.15, -0.1) is 0 Å². The Bertz CT molecular complexity index is 927. The fraction of sp³-hybridized carbons (Fsp3) is 0.350. The summed E-state index contributed by atoms with van der Waals surface area (Å²) in [6.07, 6.45) is 1.46. The van der Waals surface area contributed by atoms with Crippen molar-refractivity contribution in [3.05, 3.63) is 54.2 Å². The van der Waals surface area contributed by atoms with E-state index >= 15 is 0 Å². The highest BCUT2D eigenvalue weighted by atomic mass is 19.1. The molecule has 1 N–H and O–H groups in total. The number of imide groups is 1. The van der Waals surface area contributed by atoms with Crippen molar-refractivity contribution in [1.82, 2.24) is 5.32 Å². The van der Waals surface area contributed by atoms with E-state index < -0.39 is 47.0 Å². The number of hydrogen-bond donors (Lipinski definition) is 1. The van der Waals surface area contributed by atoms with E-state index in [1.807, 2.05) is 0 Å². The van der Waals surface area contributed by atoms with Crippen LogP contribution in [-0.2, 0) is 19.1 Å². The number of furan rings is 1. The van der Waals surface area contributed by atoms with Gasteiger partial charge in [0.05, 0.1) is 36.4 Å². The molecule has 4 rings (SSSR count). The van der Waals surface area contributed by atoms with Gasteiger partial charge in [-0.3, -0.25) is 19.7 Å². The van der Waals surface area contributed by atoms with Gasteiger partial charge in [-0.05, 0) is 50.2 Å². The molecule has 0 bridgehead atoms. The van der Waals surface area contributed by atoms with Crippen LogP contribution in [0.25, 0.3) is 0 Å². The molecule has 0 unspecified atom stereocenters. The Balaban J connectivity index is 1.80. The third kappa shape index (κ3) is 2.56. The zero-order valence-corrected chi connectivity index (χ0v) is 15.3. The summed E-state index contributed by atoms with van der Waals surface area (Å²) < 4.78 is 23.9. The van der Waals surface area contributed by atoms with Crippen LogP contribution in [0.4, 0.5) is 10.1 Å². The number of nitrogens with zero attached hydrogens (tertiary/aromatic N) is 1. The normalized spacial score (nSPS) is 29.2. The first-order valence-electron chi connectivity index (χ1n) is 9.00. The fourth-order valence-electron chi connectivity index (χ4n) is 4.16. The van der Waals surface area contributed by atoms with Crippen LogP contribution in [0.5, 0.6) is 0 Å². The minimum absolute atomic E-state index is 0.142. The molecule has 3 heterocycles. The Morgan fingerprint density at radius 2 is 1.96 bits per heavy atom. The monoisotopic (exact) mass is 386 g/mol. The number of benzene rings is 1. The standard InChI is InChI=1S/C20H19FN2O5/c1-3-27-19(26)20(2)15-14(16(22-20)13-5-4-10-28-13)17(24)23(18(15)25)12-8-6-11(21)7-9-12/h4-10,14-16,22H,3H2,1-2H3/t14-,15-,16-,20-/m0/s1. The van der Waals surface area contributed by atoms with E-state index in [1.165, 1.54) is 30.5 Å². The zero-order chi connectivity index (χ0) is 20.1. The number of anilines is 1. The first-order chi connectivity index (χ1) is 13.4. The van der Waals surface area contributed by atoms with Gasteiger partial charge < -0.3 is 9.15 Å². The summed E-state index contributed by atoms with van der Waals surface area (Å²) >= 11 is 0. The lowest BCUT2D eigenvalue weighted by atomic mass is 9.81. The molecule has 0 spiro atoms. The van der Waals surface area contributed by atoms with Crippen LogP contribution in [0.2, 0.25) is 0 Å². The first-order valence-corrected chi connectivity index (χ1v) is 9.00. The highest BCUT2D eigenvalue weighted by molar-refractivity contribution is 6.24. The molecule has 2 amide bonds. The molecule has 8 heteroatoms. The van der Waals surface area contributed by atoms with E-state index in [0.717, 1.165) is 4.90 Å². The van der Waals surface area contributed by atoms with Gasteiger partial charge in [-0.25, -0.2) is 9.29 Å². The SMILES string of the molecule is CCOC(=O)[C@@]1(C)N[C@@H](c2ccco2)[C@H]2C(=O)N(c3ccc(F)cc3)C(=O)[C@H]21. The van der Waals surface area contributed by atoms with Crippen molar-refractivity contribution in [3.63, 3.8) is 0 Å². The molecule has 2 saturated heterocycles. The van der Waals surface area contributed by atoms with Crippen LogP contribution >= 0.6 is 0 Å². The van der Waals surface area contributed by atoms with E-state index in [-0.39, 0.29) is 12.3 Å². The van der Waals surface area contributed by atoms with Crippen molar-refractivity contribution in [2.75, 3.05) is 11.5 Å². The fourth-order valence-corrected chi connectivity index (χ4v) is 4.16. The molecule has 1 aromatic carbocycles. The van der Waals surface area contributed by atoms with Crippen molar-refractivity contribution in [2.45, 2.75) is 25.4 Å². The number of carbonyl (C=O) groups is 3. The Hall–Kier alpha value is -3.00. The molecule has 0 radical (unpaired) electrons. The number of carbonyl (C=O) groups excluding carboxylic acids is 3. The Labute approximate surface area is 160 Å². The van der Waals surface area contributed by atoms with Crippen molar-refractivity contribution in [2.24, 2.45) is 11.8 Å². The predicted molar refractivity (Wildman–Crippen MR) is 95.5 cm³/mol. The summed E-state index contributed by atoms with van der Waals surface area (Å²) in [4.78, 5) is 40.2. The molecular weight excluding hydrogens is 367 g/mol. The Morgan fingerprint density at radius 1 is 1.25 bits per heavy atom. The van der Waals surface area contributed by atoms with Gasteiger partial charge in [0, 0.05) is 0 Å². The molecule has 0 saturated carbocycles. The molecule has 1 aromatic heterocycles. The molecule has 0 aliphatic carbocycles. The number of nitrogens with one attached hydrogen (secondary N) is 1. The second kappa shape index (κ2) is 6.56. The van der Waals surface area contributed by atoms with Crippen molar-refractivity contribution >= 4 is 23.5 Å². The summed E-state index contributed by atoms with van der Waals surface area (Å²) in [5.41, 5.74) is -1.14. The van der Waals surface area contributed by atoms with Crippen molar-refractivity contribution in [1.29, 1.82) is 0 Å². The Morgan fingerprint density at radius 3 is 2.57 bits per heavy atom. The maximum atomic E-state index is 13.3. The molecule has 2 aliphatic rings. The number of fused-ring (bicyclic) bond motifs is 1. The average molecular weight is 386 g/mol. The summed E-state index contributed by atoms with van der Waals surface area (Å²) in [6, 6.07) is 7.77. The Kier molecular flexibility index (Phi) is 4.30. The number of hydrogen-bond acceptors (Lipinski definition) is 6. The average Bonchev–Trinajstić information content (AvgIpc) is 3.35. The van der Waals surface area contributed by atoms with Crippen LogP contribution in [0.1, 0.15) is 25.6 Å². The summed E-state index contributed by atoms with van der Waals surface area (Å²) in [5, 5.41) is 3.10. The molecule has 2 aromatic rings. The molecule has 7 nitrogen and oxygen atoms in total. The van der Waals surface area contributed by atoms with Crippen LogP contribution in [0.3, 0.4) is 0 Å². The van der Waals surface area contributed by atoms with E-state index in [4.69, 9.17) is 9.15 Å². The molecule has 2 aliphatic heterocycles. The number of rotatable bonds is 4.